The maximum atomic E-state index is 16.2. The molecule has 1 saturated heterocycles. The van der Waals surface area contributed by atoms with Crippen molar-refractivity contribution in [3.05, 3.63) is 155 Å². The van der Waals surface area contributed by atoms with Gasteiger partial charge in [-0.1, -0.05) is 48.5 Å². The Kier molecular flexibility index (Phi) is 11.0. The van der Waals surface area contributed by atoms with Crippen molar-refractivity contribution >= 4 is 23.2 Å². The quantitative estimate of drug-likeness (QED) is 0.157. The van der Waals surface area contributed by atoms with E-state index in [1.165, 1.54) is 28.7 Å². The predicted octanol–water partition coefficient (Wildman–Crippen LogP) is 9.20. The molecular weight excluding hydrogens is 756 g/mol. The number of fused-ring (bicyclic) bond motifs is 2. The lowest BCUT2D eigenvalue weighted by molar-refractivity contribution is 0.0193. The van der Waals surface area contributed by atoms with Crippen LogP contribution in [0.1, 0.15) is 55.9 Å². The minimum Gasteiger partial charge on any atom is -0.508 e. The van der Waals surface area contributed by atoms with Gasteiger partial charge in [0.1, 0.15) is 17.3 Å². The Hall–Kier alpha value is -6.23. The Bertz CT molecular complexity index is 2560. The summed E-state index contributed by atoms with van der Waals surface area (Å²) in [4.78, 5) is 36.3. The number of halogens is 1. The molecule has 0 radical (unpaired) electrons. The highest BCUT2D eigenvalue weighted by Gasteiger charge is 2.35. The number of amides is 2. The SMILES string of the molecule is COc1ccc(C(=O)N2Cc3ccccc3C[C@H]2CN2CCOCC2)c(-c2cc(C(=O)N(c3ccc(O)cc3)c3ccc(-c4ccccc4C)c(F)c3)c3n2CCCC3)c1. The highest BCUT2D eigenvalue weighted by Crippen LogP contribution is 2.40. The molecule has 0 bridgehead atoms. The number of hydrogen-bond donors (Lipinski definition) is 1. The smallest absolute Gasteiger partial charge is 0.264 e. The Balaban J connectivity index is 1.13. The lowest BCUT2D eigenvalue weighted by Gasteiger charge is -2.40. The number of methoxy groups -OCH3 is 1. The van der Waals surface area contributed by atoms with Gasteiger partial charge >= 0.3 is 0 Å². The topological polar surface area (TPSA) is 87.5 Å². The number of carbonyl (C=O) groups is 2. The number of morpholine rings is 1. The Morgan fingerprint density at radius 2 is 1.55 bits per heavy atom. The second-order valence-corrected chi connectivity index (χ2v) is 16.0. The molecule has 60 heavy (non-hydrogen) atoms. The van der Waals surface area contributed by atoms with Crippen molar-refractivity contribution in [1.29, 1.82) is 0 Å². The summed E-state index contributed by atoms with van der Waals surface area (Å²) >= 11 is 0. The van der Waals surface area contributed by atoms with Crippen molar-refractivity contribution in [2.45, 2.75) is 51.7 Å². The normalized spacial score (nSPS) is 16.5. The van der Waals surface area contributed by atoms with Gasteiger partial charge in [-0.05, 0) is 122 Å². The maximum Gasteiger partial charge on any atom is 0.264 e. The molecule has 0 saturated carbocycles. The first-order valence-corrected chi connectivity index (χ1v) is 20.8. The number of aromatic hydroxyl groups is 1. The Morgan fingerprint density at radius 3 is 2.32 bits per heavy atom. The fraction of sp³-hybridized carbons (Fsp3) is 0.280. The third-order valence-corrected chi connectivity index (χ3v) is 12.4. The van der Waals surface area contributed by atoms with Crippen LogP contribution in [0.25, 0.3) is 22.4 Å². The molecule has 0 spiro atoms. The summed E-state index contributed by atoms with van der Waals surface area (Å²) in [5.74, 6) is -0.214. The molecule has 10 heteroatoms. The second kappa shape index (κ2) is 16.8. The Morgan fingerprint density at radius 1 is 0.800 bits per heavy atom. The molecule has 0 unspecified atom stereocenters. The fourth-order valence-electron chi connectivity index (χ4n) is 9.20. The average Bonchev–Trinajstić information content (AvgIpc) is 3.67. The van der Waals surface area contributed by atoms with E-state index in [1.807, 2.05) is 66.4 Å². The number of benzene rings is 5. The number of ether oxygens (including phenoxy) is 2. The molecule has 0 aliphatic carbocycles. The van der Waals surface area contributed by atoms with Crippen LogP contribution < -0.4 is 9.64 Å². The van der Waals surface area contributed by atoms with E-state index in [4.69, 9.17) is 9.47 Å². The molecule has 2 amide bonds. The van der Waals surface area contributed by atoms with Crippen molar-refractivity contribution in [3.63, 3.8) is 0 Å². The van der Waals surface area contributed by atoms with Crippen LogP contribution in [0.2, 0.25) is 0 Å². The average molecular weight is 805 g/mol. The molecule has 6 aromatic rings. The van der Waals surface area contributed by atoms with Crippen molar-refractivity contribution in [2.24, 2.45) is 0 Å². The van der Waals surface area contributed by atoms with E-state index in [0.717, 1.165) is 67.0 Å². The maximum absolute atomic E-state index is 16.2. The van der Waals surface area contributed by atoms with Gasteiger partial charge in [-0.25, -0.2) is 4.39 Å². The largest absolute Gasteiger partial charge is 0.508 e. The van der Waals surface area contributed by atoms with E-state index in [2.05, 4.69) is 27.7 Å². The zero-order valence-electron chi connectivity index (χ0n) is 34.1. The molecule has 9 rings (SSSR count). The van der Waals surface area contributed by atoms with E-state index in [9.17, 15) is 5.11 Å². The van der Waals surface area contributed by atoms with Crippen molar-refractivity contribution in [3.8, 4) is 33.9 Å². The van der Waals surface area contributed by atoms with Crippen LogP contribution in [0.15, 0.2) is 115 Å². The van der Waals surface area contributed by atoms with E-state index in [1.54, 1.807) is 31.4 Å². The monoisotopic (exact) mass is 804 g/mol. The van der Waals surface area contributed by atoms with E-state index >= 15 is 14.0 Å². The number of carbonyl (C=O) groups excluding carboxylic acids is 2. The number of aryl methyl sites for hydroxylation is 1. The van der Waals surface area contributed by atoms with Crippen LogP contribution in [-0.2, 0) is 30.7 Å². The van der Waals surface area contributed by atoms with E-state index in [-0.39, 0.29) is 23.6 Å². The lowest BCUT2D eigenvalue weighted by atomic mass is 9.92. The molecule has 4 heterocycles. The van der Waals surface area contributed by atoms with E-state index in [0.29, 0.717) is 72.1 Å². The molecule has 1 N–H and O–H groups in total. The second-order valence-electron chi connectivity index (χ2n) is 16.0. The van der Waals surface area contributed by atoms with Crippen LogP contribution in [0, 0.1) is 12.7 Å². The summed E-state index contributed by atoms with van der Waals surface area (Å²) in [6, 6.07) is 34.7. The number of anilines is 2. The summed E-state index contributed by atoms with van der Waals surface area (Å²) in [5.41, 5.74) is 8.72. The van der Waals surface area contributed by atoms with E-state index < -0.39 is 5.82 Å². The van der Waals surface area contributed by atoms with Crippen LogP contribution >= 0.6 is 0 Å². The first-order valence-electron chi connectivity index (χ1n) is 20.8. The minimum absolute atomic E-state index is 0.0460. The predicted molar refractivity (Wildman–Crippen MR) is 232 cm³/mol. The van der Waals surface area contributed by atoms with Crippen molar-refractivity contribution in [1.82, 2.24) is 14.4 Å². The van der Waals surface area contributed by atoms with Gasteiger partial charge in [0, 0.05) is 72.5 Å². The summed E-state index contributed by atoms with van der Waals surface area (Å²) < 4.78 is 29.8. The molecule has 3 aliphatic heterocycles. The third-order valence-electron chi connectivity index (χ3n) is 12.4. The summed E-state index contributed by atoms with van der Waals surface area (Å²) in [6.07, 6.45) is 3.21. The minimum atomic E-state index is -0.454. The molecule has 5 aromatic carbocycles. The molecule has 9 nitrogen and oxygen atoms in total. The number of phenols is 1. The number of nitrogens with zero attached hydrogens (tertiary/aromatic N) is 4. The van der Waals surface area contributed by atoms with Crippen LogP contribution in [0.4, 0.5) is 15.8 Å². The Labute approximate surface area is 350 Å². The standard InChI is InChI=1S/C50H49FN4O5/c1-33-9-3-6-12-41(33)42-20-16-37(28-46(42)51)55(36-14-17-39(56)18-15-36)50(58)45-30-48(53-22-8-7-13-47(45)53)44-29-40(59-2)19-21-43(44)49(57)54-31-35-11-5-4-10-34(35)27-38(54)32-52-23-25-60-26-24-52/h3-6,9-12,14-21,28-30,38,56H,7-8,13,22-27,31-32H2,1-2H3/t38-/m0/s1. The van der Waals surface area contributed by atoms with Gasteiger partial charge in [0.2, 0.25) is 0 Å². The van der Waals surface area contributed by atoms with Gasteiger partial charge in [0.25, 0.3) is 11.8 Å². The number of rotatable bonds is 9. The molecule has 1 atom stereocenters. The first kappa shape index (κ1) is 39.2. The summed E-state index contributed by atoms with van der Waals surface area (Å²) in [7, 11) is 1.61. The van der Waals surface area contributed by atoms with Gasteiger partial charge in [0.15, 0.2) is 0 Å². The number of phenolic OH excluding ortho intramolecular Hbond substituents is 1. The summed E-state index contributed by atoms with van der Waals surface area (Å²) in [5, 5.41) is 10.2. The fourth-order valence-corrected chi connectivity index (χ4v) is 9.20. The molecule has 1 fully saturated rings. The third kappa shape index (κ3) is 7.57. The number of aromatic nitrogens is 1. The summed E-state index contributed by atoms with van der Waals surface area (Å²) in [6.45, 7) is 6.85. The molecule has 306 valence electrons. The van der Waals surface area contributed by atoms with Crippen LogP contribution in [0.3, 0.4) is 0 Å². The van der Waals surface area contributed by atoms with Gasteiger partial charge in [-0.2, -0.15) is 0 Å². The van der Waals surface area contributed by atoms with Gasteiger partial charge < -0.3 is 24.0 Å². The molecule has 3 aliphatic rings. The van der Waals surface area contributed by atoms with Crippen molar-refractivity contribution in [2.75, 3.05) is 44.9 Å². The highest BCUT2D eigenvalue weighted by atomic mass is 19.1. The first-order chi connectivity index (χ1) is 29.3. The van der Waals surface area contributed by atoms with Crippen molar-refractivity contribution < 1.29 is 28.6 Å². The van der Waals surface area contributed by atoms with Gasteiger partial charge in [0.05, 0.1) is 31.6 Å². The number of hydrogen-bond acceptors (Lipinski definition) is 6. The van der Waals surface area contributed by atoms with Gasteiger partial charge in [-0.3, -0.25) is 19.4 Å². The van der Waals surface area contributed by atoms with Crippen LogP contribution in [0.5, 0.6) is 11.5 Å². The van der Waals surface area contributed by atoms with Gasteiger partial charge in [-0.15, -0.1) is 0 Å². The lowest BCUT2D eigenvalue weighted by Crippen LogP contribution is -2.52. The zero-order valence-corrected chi connectivity index (χ0v) is 34.1. The highest BCUT2D eigenvalue weighted by molar-refractivity contribution is 6.13. The zero-order chi connectivity index (χ0) is 41.3. The van der Waals surface area contributed by atoms with Crippen LogP contribution in [-0.4, -0.2) is 77.3 Å². The molecular formula is C50H49FN4O5. The molecule has 1 aromatic heterocycles.